The molecule has 0 spiro atoms. The second-order valence-corrected chi connectivity index (χ2v) is 9.58. The average molecular weight is 439 g/mol. The number of carboxylic acids is 1. The molecule has 2 rings (SSSR count). The van der Waals surface area contributed by atoms with Gasteiger partial charge in [0.05, 0.1) is 4.90 Å². The maximum atomic E-state index is 12.4. The Bertz CT molecular complexity index is 978. The summed E-state index contributed by atoms with van der Waals surface area (Å²) in [5, 5.41) is 9.02. The monoisotopic (exact) mass is 438 g/mol. The fourth-order valence-corrected chi connectivity index (χ4v) is 3.85. The molecule has 8 heteroatoms. The zero-order valence-corrected chi connectivity index (χ0v) is 17.5. The van der Waals surface area contributed by atoms with Gasteiger partial charge in [0.25, 0.3) is 0 Å². The van der Waals surface area contributed by atoms with E-state index >= 15 is 0 Å². The molecule has 0 radical (unpaired) electrons. The summed E-state index contributed by atoms with van der Waals surface area (Å²) in [6, 6.07) is 13.3. The van der Waals surface area contributed by atoms with E-state index in [1.165, 1.54) is 18.2 Å². The SMILES string of the molecule is CS(=O)(=O)c1ccc(C(=CC(=O)SCCCC(=O)O)c2ccc(Cl)cc2)cc1. The maximum Gasteiger partial charge on any atom is 0.303 e. The number of hydrogen-bond donors (Lipinski definition) is 1. The Hall–Kier alpha value is -2.09. The molecule has 0 aromatic heterocycles. The van der Waals surface area contributed by atoms with Gasteiger partial charge in [-0.25, -0.2) is 8.42 Å². The van der Waals surface area contributed by atoms with E-state index in [-0.39, 0.29) is 16.4 Å². The first-order valence-corrected chi connectivity index (χ1v) is 11.6. The third kappa shape index (κ3) is 6.82. The lowest BCUT2D eigenvalue weighted by molar-refractivity contribution is -0.137. The first-order valence-electron chi connectivity index (χ1n) is 8.33. The summed E-state index contributed by atoms with van der Waals surface area (Å²) >= 11 is 6.99. The minimum absolute atomic E-state index is 0.0149. The Balaban J connectivity index is 2.30. The molecule has 0 amide bonds. The zero-order valence-electron chi connectivity index (χ0n) is 15.1. The highest BCUT2D eigenvalue weighted by molar-refractivity contribution is 8.14. The smallest absolute Gasteiger partial charge is 0.303 e. The van der Waals surface area contributed by atoms with Crippen molar-refractivity contribution in [3.63, 3.8) is 0 Å². The van der Waals surface area contributed by atoms with E-state index < -0.39 is 15.8 Å². The summed E-state index contributed by atoms with van der Waals surface area (Å²) in [7, 11) is -3.32. The third-order valence-electron chi connectivity index (χ3n) is 3.79. The van der Waals surface area contributed by atoms with Gasteiger partial charge in [-0.3, -0.25) is 9.59 Å². The van der Waals surface area contributed by atoms with E-state index in [2.05, 4.69) is 0 Å². The van der Waals surface area contributed by atoms with Crippen LogP contribution in [0.15, 0.2) is 59.5 Å². The molecule has 0 aliphatic heterocycles. The third-order valence-corrected chi connectivity index (χ3v) is 6.07. The number of thioether (sulfide) groups is 1. The molecular weight excluding hydrogens is 420 g/mol. The summed E-state index contributed by atoms with van der Waals surface area (Å²) in [6.07, 6.45) is 3.03. The molecule has 0 unspecified atom stereocenters. The molecule has 5 nitrogen and oxygen atoms in total. The van der Waals surface area contributed by atoms with Gasteiger partial charge in [0.15, 0.2) is 9.84 Å². The molecule has 28 heavy (non-hydrogen) atoms. The molecule has 0 aliphatic rings. The number of sulfone groups is 1. The van der Waals surface area contributed by atoms with Crippen molar-refractivity contribution in [1.29, 1.82) is 0 Å². The highest BCUT2D eigenvalue weighted by atomic mass is 35.5. The number of aliphatic carboxylic acids is 1. The maximum absolute atomic E-state index is 12.4. The van der Waals surface area contributed by atoms with Gasteiger partial charge in [-0.05, 0) is 47.4 Å². The van der Waals surface area contributed by atoms with Crippen molar-refractivity contribution in [2.45, 2.75) is 17.7 Å². The summed E-state index contributed by atoms with van der Waals surface area (Å²) in [6.45, 7) is 0. The summed E-state index contributed by atoms with van der Waals surface area (Å²) in [4.78, 5) is 23.1. The number of benzene rings is 2. The second kappa shape index (κ2) is 9.91. The van der Waals surface area contributed by atoms with Gasteiger partial charge in [0.2, 0.25) is 5.12 Å². The van der Waals surface area contributed by atoms with Crippen LogP contribution in [0.5, 0.6) is 0 Å². The van der Waals surface area contributed by atoms with Gasteiger partial charge < -0.3 is 5.11 Å². The number of rotatable bonds is 8. The molecule has 0 aliphatic carbocycles. The lowest BCUT2D eigenvalue weighted by Gasteiger charge is -2.10. The van der Waals surface area contributed by atoms with Gasteiger partial charge in [-0.1, -0.05) is 47.6 Å². The molecular formula is C20H19ClO5S2. The van der Waals surface area contributed by atoms with Crippen molar-refractivity contribution in [3.8, 4) is 0 Å². The van der Waals surface area contributed by atoms with E-state index in [0.717, 1.165) is 23.6 Å². The van der Waals surface area contributed by atoms with Crippen molar-refractivity contribution < 1.29 is 23.1 Å². The van der Waals surface area contributed by atoms with Crippen LogP contribution in [0.2, 0.25) is 5.02 Å². The van der Waals surface area contributed by atoms with Crippen molar-refractivity contribution in [2.24, 2.45) is 0 Å². The molecule has 0 saturated heterocycles. The minimum Gasteiger partial charge on any atom is -0.481 e. The van der Waals surface area contributed by atoms with Gasteiger partial charge in [-0.2, -0.15) is 0 Å². The van der Waals surface area contributed by atoms with E-state index in [9.17, 15) is 18.0 Å². The topological polar surface area (TPSA) is 88.5 Å². The van der Waals surface area contributed by atoms with Crippen molar-refractivity contribution in [3.05, 3.63) is 70.8 Å². The standard InChI is InChI=1S/C20H19ClO5S2/c1-28(25,26)17-10-6-15(7-11-17)18(14-4-8-16(21)9-5-14)13-20(24)27-12-2-3-19(22)23/h4-11,13H,2-3,12H2,1H3,(H,22,23). The van der Waals surface area contributed by atoms with Crippen molar-refractivity contribution >= 4 is 49.9 Å². The van der Waals surface area contributed by atoms with Crippen LogP contribution in [0, 0.1) is 0 Å². The molecule has 0 saturated carbocycles. The predicted molar refractivity (Wildman–Crippen MR) is 112 cm³/mol. The molecule has 0 bridgehead atoms. The minimum atomic E-state index is -3.32. The molecule has 0 atom stereocenters. The van der Waals surface area contributed by atoms with Crippen LogP contribution in [-0.4, -0.2) is 36.6 Å². The van der Waals surface area contributed by atoms with Crippen LogP contribution in [-0.2, 0) is 19.4 Å². The molecule has 148 valence electrons. The Morgan fingerprint density at radius 1 is 1.04 bits per heavy atom. The van der Waals surface area contributed by atoms with Crippen LogP contribution >= 0.6 is 23.4 Å². The fraction of sp³-hybridized carbons (Fsp3) is 0.200. The highest BCUT2D eigenvalue weighted by Gasteiger charge is 2.12. The fourth-order valence-electron chi connectivity index (χ4n) is 2.40. The zero-order chi connectivity index (χ0) is 20.7. The van der Waals surface area contributed by atoms with Gasteiger partial charge in [0.1, 0.15) is 0 Å². The van der Waals surface area contributed by atoms with Gasteiger partial charge in [0, 0.05) is 29.5 Å². The Morgan fingerprint density at radius 3 is 2.07 bits per heavy atom. The lowest BCUT2D eigenvalue weighted by Crippen LogP contribution is -1.99. The Kier molecular flexibility index (Phi) is 7.86. The predicted octanol–water partition coefficient (Wildman–Crippen LogP) is 4.30. The number of carbonyl (C=O) groups excluding carboxylic acids is 1. The largest absolute Gasteiger partial charge is 0.481 e. The van der Waals surface area contributed by atoms with Crippen molar-refractivity contribution in [2.75, 3.05) is 12.0 Å². The van der Waals surface area contributed by atoms with Gasteiger partial charge in [-0.15, -0.1) is 0 Å². The second-order valence-electron chi connectivity index (χ2n) is 6.03. The molecule has 0 fully saturated rings. The summed E-state index contributed by atoms with van der Waals surface area (Å²) in [5.41, 5.74) is 2.08. The van der Waals surface area contributed by atoms with Crippen LogP contribution in [0.4, 0.5) is 0 Å². The summed E-state index contributed by atoms with van der Waals surface area (Å²) in [5.74, 6) is -0.487. The van der Waals surface area contributed by atoms with Crippen LogP contribution in [0.25, 0.3) is 5.57 Å². The number of carboxylic acid groups (broad SMARTS) is 1. The van der Waals surface area contributed by atoms with E-state index in [4.69, 9.17) is 16.7 Å². The quantitative estimate of drug-likeness (QED) is 0.488. The van der Waals surface area contributed by atoms with Crippen molar-refractivity contribution in [1.82, 2.24) is 0 Å². The average Bonchev–Trinajstić information content (AvgIpc) is 2.63. The van der Waals surface area contributed by atoms with Crippen LogP contribution in [0.3, 0.4) is 0 Å². The number of hydrogen-bond acceptors (Lipinski definition) is 5. The Labute approximate surface area is 173 Å². The van der Waals surface area contributed by atoms with Crippen LogP contribution < -0.4 is 0 Å². The number of halogens is 1. The first kappa shape index (κ1) is 22.2. The van der Waals surface area contributed by atoms with E-state index in [0.29, 0.717) is 28.3 Å². The Morgan fingerprint density at radius 2 is 1.57 bits per heavy atom. The molecule has 1 N–H and O–H groups in total. The molecule has 2 aromatic carbocycles. The molecule has 2 aromatic rings. The number of carbonyl (C=O) groups is 2. The highest BCUT2D eigenvalue weighted by Crippen LogP contribution is 2.27. The summed E-state index contributed by atoms with van der Waals surface area (Å²) < 4.78 is 23.3. The van der Waals surface area contributed by atoms with E-state index in [1.807, 2.05) is 0 Å². The van der Waals surface area contributed by atoms with Gasteiger partial charge >= 0.3 is 5.97 Å². The normalized spacial score (nSPS) is 12.0. The first-order chi connectivity index (χ1) is 13.2. The van der Waals surface area contributed by atoms with Crippen LogP contribution in [0.1, 0.15) is 24.0 Å². The molecule has 0 heterocycles. The van der Waals surface area contributed by atoms with E-state index in [1.54, 1.807) is 36.4 Å². The lowest BCUT2D eigenvalue weighted by atomic mass is 9.98.